The van der Waals surface area contributed by atoms with Crippen molar-refractivity contribution in [1.82, 2.24) is 9.97 Å². The predicted octanol–water partition coefficient (Wildman–Crippen LogP) is 4.05. The third kappa shape index (κ3) is 4.29. The fraction of sp³-hybridized carbons (Fsp3) is 0.333. The van der Waals surface area contributed by atoms with Crippen molar-refractivity contribution in [2.75, 3.05) is 23.0 Å². The largest absolute Gasteiger partial charge is 0.475 e. The van der Waals surface area contributed by atoms with Gasteiger partial charge in [0.2, 0.25) is 5.88 Å². The Labute approximate surface area is 210 Å². The fourth-order valence-corrected chi connectivity index (χ4v) is 4.89. The molecule has 0 saturated carbocycles. The van der Waals surface area contributed by atoms with Gasteiger partial charge in [0, 0.05) is 11.4 Å². The number of nitrogens with zero attached hydrogens (tertiary/aromatic N) is 5. The molecule has 1 unspecified atom stereocenters. The highest BCUT2D eigenvalue weighted by Crippen LogP contribution is 2.43. The number of aryl methyl sites for hydroxylation is 1. The van der Waals surface area contributed by atoms with Gasteiger partial charge in [0.15, 0.2) is 5.50 Å². The lowest BCUT2D eigenvalue weighted by atomic mass is 10.0. The number of rotatable bonds is 5. The molecule has 1 aliphatic heterocycles. The van der Waals surface area contributed by atoms with Crippen LogP contribution in [0.2, 0.25) is 0 Å². The van der Waals surface area contributed by atoms with E-state index in [2.05, 4.69) is 22.6 Å². The SMILES string of the molecule is Cc1nc(OCCO)c2cc(N3C(S)N(c4ccc(C#N)c(C(F)(F)F)c4)C(=O)C3(C)C)ccc2n1. The van der Waals surface area contributed by atoms with Crippen molar-refractivity contribution in [2.45, 2.75) is 38.0 Å². The third-order valence-electron chi connectivity index (χ3n) is 5.88. The maximum Gasteiger partial charge on any atom is 0.417 e. The molecule has 1 amide bonds. The number of nitriles is 1. The molecule has 188 valence electrons. The molecule has 3 aromatic rings. The van der Waals surface area contributed by atoms with Crippen molar-refractivity contribution in [3.05, 3.63) is 53.3 Å². The quantitative estimate of drug-likeness (QED) is 0.493. The van der Waals surface area contributed by atoms with Crippen molar-refractivity contribution < 1.29 is 27.8 Å². The first kappa shape index (κ1) is 25.5. The lowest BCUT2D eigenvalue weighted by Gasteiger charge is -2.33. The Balaban J connectivity index is 1.81. The summed E-state index contributed by atoms with van der Waals surface area (Å²) in [6.45, 7) is 4.80. The van der Waals surface area contributed by atoms with Crippen LogP contribution in [0.15, 0.2) is 36.4 Å². The van der Waals surface area contributed by atoms with Crippen molar-refractivity contribution in [2.24, 2.45) is 0 Å². The number of ether oxygens (including phenoxy) is 1. The molecule has 36 heavy (non-hydrogen) atoms. The molecule has 4 rings (SSSR count). The molecule has 1 fully saturated rings. The van der Waals surface area contributed by atoms with E-state index in [4.69, 9.17) is 15.1 Å². The Bertz CT molecular complexity index is 1390. The van der Waals surface area contributed by atoms with Gasteiger partial charge in [-0.25, -0.2) is 4.98 Å². The molecule has 1 saturated heterocycles. The van der Waals surface area contributed by atoms with E-state index in [-0.39, 0.29) is 24.8 Å². The van der Waals surface area contributed by atoms with Gasteiger partial charge in [0.25, 0.3) is 5.91 Å². The number of anilines is 2. The van der Waals surface area contributed by atoms with E-state index in [0.717, 1.165) is 12.1 Å². The number of fused-ring (bicyclic) bond motifs is 1. The zero-order valence-corrected chi connectivity index (χ0v) is 20.4. The number of benzene rings is 2. The van der Waals surface area contributed by atoms with Gasteiger partial charge in [-0.15, -0.1) is 12.6 Å². The van der Waals surface area contributed by atoms with Crippen LogP contribution in [0.4, 0.5) is 24.5 Å². The van der Waals surface area contributed by atoms with Gasteiger partial charge >= 0.3 is 6.18 Å². The van der Waals surface area contributed by atoms with E-state index in [1.165, 1.54) is 11.0 Å². The summed E-state index contributed by atoms with van der Waals surface area (Å²) in [5.74, 6) is 0.253. The summed E-state index contributed by atoms with van der Waals surface area (Å²) in [6, 6.07) is 9.83. The van der Waals surface area contributed by atoms with E-state index >= 15 is 0 Å². The Morgan fingerprint density at radius 1 is 1.19 bits per heavy atom. The number of aromatic nitrogens is 2. The predicted molar refractivity (Wildman–Crippen MR) is 130 cm³/mol. The Morgan fingerprint density at radius 3 is 2.53 bits per heavy atom. The average Bonchev–Trinajstić information content (AvgIpc) is 2.99. The average molecular weight is 518 g/mol. The topological polar surface area (TPSA) is 103 Å². The molecule has 1 atom stereocenters. The number of alkyl halides is 3. The second-order valence-corrected chi connectivity index (χ2v) is 9.10. The highest BCUT2D eigenvalue weighted by atomic mass is 32.1. The highest BCUT2D eigenvalue weighted by molar-refractivity contribution is 7.81. The van der Waals surface area contributed by atoms with E-state index in [0.29, 0.717) is 22.4 Å². The zero-order chi connectivity index (χ0) is 26.4. The third-order valence-corrected chi connectivity index (χ3v) is 6.34. The summed E-state index contributed by atoms with van der Waals surface area (Å²) in [4.78, 5) is 25.0. The maximum absolute atomic E-state index is 13.6. The maximum atomic E-state index is 13.6. The van der Waals surface area contributed by atoms with Crippen LogP contribution in [-0.2, 0) is 11.0 Å². The number of carbonyl (C=O) groups is 1. The normalized spacial score (nSPS) is 17.5. The number of aliphatic hydroxyl groups is 1. The Kier molecular flexibility index (Phi) is 6.49. The Morgan fingerprint density at radius 2 is 1.89 bits per heavy atom. The smallest absolute Gasteiger partial charge is 0.417 e. The van der Waals surface area contributed by atoms with Crippen LogP contribution in [0.1, 0.15) is 30.8 Å². The summed E-state index contributed by atoms with van der Waals surface area (Å²) < 4.78 is 46.3. The summed E-state index contributed by atoms with van der Waals surface area (Å²) >= 11 is 4.62. The van der Waals surface area contributed by atoms with Crippen LogP contribution < -0.4 is 14.5 Å². The van der Waals surface area contributed by atoms with Gasteiger partial charge in [0.1, 0.15) is 18.0 Å². The monoisotopic (exact) mass is 517 g/mol. The van der Waals surface area contributed by atoms with Crippen molar-refractivity contribution >= 4 is 40.8 Å². The minimum atomic E-state index is -4.77. The van der Waals surface area contributed by atoms with Gasteiger partial charge < -0.3 is 14.7 Å². The van der Waals surface area contributed by atoms with E-state index in [9.17, 15) is 18.0 Å². The number of thiol groups is 1. The number of amides is 1. The standard InChI is InChI=1S/C24H22F3N5O3S/c1-13-29-19-7-6-16(10-17(19)20(30-13)35-9-8-33)32-22(36)31(21(34)23(32,2)3)15-5-4-14(12-28)18(11-15)24(25,26)27/h4-7,10-11,22,33,36H,8-9H2,1-3H3. The first-order valence-electron chi connectivity index (χ1n) is 10.8. The second kappa shape index (κ2) is 9.15. The molecular formula is C24H22F3N5O3S. The van der Waals surface area contributed by atoms with E-state index < -0.39 is 34.2 Å². The van der Waals surface area contributed by atoms with Gasteiger partial charge in [-0.2, -0.15) is 23.4 Å². The number of carbonyl (C=O) groups excluding carboxylic acids is 1. The van der Waals surface area contributed by atoms with Crippen LogP contribution in [0.5, 0.6) is 5.88 Å². The molecule has 1 aliphatic rings. The van der Waals surface area contributed by atoms with Crippen LogP contribution in [0, 0.1) is 18.3 Å². The first-order valence-corrected chi connectivity index (χ1v) is 11.4. The summed E-state index contributed by atoms with van der Waals surface area (Å²) in [5, 5.41) is 18.8. The molecule has 0 spiro atoms. The molecule has 8 nitrogen and oxygen atoms in total. The lowest BCUT2D eigenvalue weighted by Crippen LogP contribution is -2.44. The van der Waals surface area contributed by atoms with Crippen molar-refractivity contribution in [3.8, 4) is 11.9 Å². The molecule has 2 heterocycles. The molecule has 0 aliphatic carbocycles. The molecule has 0 bridgehead atoms. The molecule has 0 radical (unpaired) electrons. The van der Waals surface area contributed by atoms with Crippen LogP contribution >= 0.6 is 12.6 Å². The summed E-state index contributed by atoms with van der Waals surface area (Å²) in [5.41, 5.74) is -2.74. The van der Waals surface area contributed by atoms with Gasteiger partial charge in [-0.1, -0.05) is 0 Å². The zero-order valence-electron chi connectivity index (χ0n) is 19.5. The Hall–Kier alpha value is -3.56. The molecule has 12 heteroatoms. The number of hydrogen-bond acceptors (Lipinski definition) is 8. The molecule has 2 aromatic carbocycles. The van der Waals surface area contributed by atoms with Gasteiger partial charge in [-0.05, 0) is 57.2 Å². The summed E-state index contributed by atoms with van der Waals surface area (Å²) in [7, 11) is 0. The molecule has 1 N–H and O–H groups in total. The van der Waals surface area contributed by atoms with Gasteiger partial charge in [-0.3, -0.25) is 9.69 Å². The van der Waals surface area contributed by atoms with Crippen molar-refractivity contribution in [1.29, 1.82) is 5.26 Å². The van der Waals surface area contributed by atoms with Crippen LogP contribution in [0.3, 0.4) is 0 Å². The lowest BCUT2D eigenvalue weighted by molar-refractivity contribution is -0.137. The summed E-state index contributed by atoms with van der Waals surface area (Å²) in [6.07, 6.45) is -4.77. The molecule has 1 aromatic heterocycles. The van der Waals surface area contributed by atoms with Crippen molar-refractivity contribution in [3.63, 3.8) is 0 Å². The molecular weight excluding hydrogens is 495 g/mol. The van der Waals surface area contributed by atoms with Gasteiger partial charge in [0.05, 0.1) is 34.7 Å². The number of hydrogen-bond donors (Lipinski definition) is 2. The first-order chi connectivity index (χ1) is 16.9. The highest BCUT2D eigenvalue weighted by Gasteiger charge is 2.51. The minimum absolute atomic E-state index is 0.0205. The van der Waals surface area contributed by atoms with Crippen LogP contribution in [-0.4, -0.2) is 45.2 Å². The van der Waals surface area contributed by atoms with E-state index in [1.54, 1.807) is 49.9 Å². The van der Waals surface area contributed by atoms with Crippen LogP contribution in [0.25, 0.3) is 10.9 Å². The number of halogens is 3. The minimum Gasteiger partial charge on any atom is -0.475 e. The fourth-order valence-electron chi connectivity index (χ4n) is 4.23. The van der Waals surface area contributed by atoms with E-state index in [1.807, 2.05) is 0 Å². The second-order valence-electron chi connectivity index (χ2n) is 8.64. The number of aliphatic hydroxyl groups excluding tert-OH is 1.